The third kappa shape index (κ3) is 5.75. The van der Waals surface area contributed by atoms with E-state index in [9.17, 15) is 4.79 Å². The fraction of sp³-hybridized carbons (Fsp3) is 0.533. The smallest absolute Gasteiger partial charge is 0.257 e. The van der Waals surface area contributed by atoms with Gasteiger partial charge in [-0.3, -0.25) is 4.79 Å². The molecular formula is C15H23NO3. The van der Waals surface area contributed by atoms with E-state index in [1.807, 2.05) is 38.1 Å². The standard InChI is InChI=1S/C15H23NO3/c1-4-12-5-7-13(8-6-12)19-9-14(18)16-10-15(2,3)11-17/h5-8,17H,4,9-11H2,1-3H3,(H,16,18). The van der Waals surface area contributed by atoms with Gasteiger partial charge >= 0.3 is 0 Å². The maximum atomic E-state index is 11.6. The van der Waals surface area contributed by atoms with Gasteiger partial charge in [-0.05, 0) is 24.1 Å². The Morgan fingerprint density at radius 3 is 2.47 bits per heavy atom. The van der Waals surface area contributed by atoms with Gasteiger partial charge in [0.1, 0.15) is 5.75 Å². The molecule has 1 amide bonds. The maximum Gasteiger partial charge on any atom is 0.257 e. The van der Waals surface area contributed by atoms with Crippen LogP contribution in [0.2, 0.25) is 0 Å². The van der Waals surface area contributed by atoms with E-state index in [0.29, 0.717) is 12.3 Å². The van der Waals surface area contributed by atoms with Crippen molar-refractivity contribution in [2.24, 2.45) is 5.41 Å². The molecule has 0 fully saturated rings. The molecule has 1 aromatic carbocycles. The van der Waals surface area contributed by atoms with E-state index in [1.54, 1.807) is 0 Å². The summed E-state index contributed by atoms with van der Waals surface area (Å²) in [6, 6.07) is 7.71. The average molecular weight is 265 g/mol. The summed E-state index contributed by atoms with van der Waals surface area (Å²) in [6.45, 7) is 6.32. The quantitative estimate of drug-likeness (QED) is 0.790. The monoisotopic (exact) mass is 265 g/mol. The van der Waals surface area contributed by atoms with Crippen LogP contribution in [-0.4, -0.2) is 30.8 Å². The minimum absolute atomic E-state index is 0.00696. The normalized spacial score (nSPS) is 11.2. The predicted molar refractivity (Wildman–Crippen MR) is 75.2 cm³/mol. The lowest BCUT2D eigenvalue weighted by atomic mass is 9.95. The maximum absolute atomic E-state index is 11.6. The first kappa shape index (κ1) is 15.5. The molecule has 1 aromatic rings. The number of aliphatic hydroxyl groups excluding tert-OH is 1. The van der Waals surface area contributed by atoms with Crippen LogP contribution < -0.4 is 10.1 Å². The highest BCUT2D eigenvalue weighted by Gasteiger charge is 2.17. The molecule has 106 valence electrons. The Bertz CT molecular complexity index is 398. The van der Waals surface area contributed by atoms with Crippen LogP contribution >= 0.6 is 0 Å². The average Bonchev–Trinajstić information content (AvgIpc) is 2.43. The molecule has 4 heteroatoms. The van der Waals surface area contributed by atoms with Gasteiger partial charge in [0.2, 0.25) is 0 Å². The van der Waals surface area contributed by atoms with Crippen molar-refractivity contribution in [3.05, 3.63) is 29.8 Å². The summed E-state index contributed by atoms with van der Waals surface area (Å²) in [5.74, 6) is 0.509. The zero-order chi connectivity index (χ0) is 14.3. The Labute approximate surface area is 114 Å². The number of carbonyl (C=O) groups is 1. The molecule has 0 heterocycles. The molecule has 0 aliphatic rings. The molecule has 19 heavy (non-hydrogen) atoms. The topological polar surface area (TPSA) is 58.6 Å². The molecule has 0 radical (unpaired) electrons. The third-order valence-electron chi connectivity index (χ3n) is 2.89. The first-order valence-corrected chi connectivity index (χ1v) is 6.56. The molecular weight excluding hydrogens is 242 g/mol. The van der Waals surface area contributed by atoms with Crippen LogP contribution in [0.1, 0.15) is 26.3 Å². The molecule has 0 unspecified atom stereocenters. The van der Waals surface area contributed by atoms with Crippen LogP contribution in [0.3, 0.4) is 0 Å². The molecule has 0 atom stereocenters. The Morgan fingerprint density at radius 1 is 1.32 bits per heavy atom. The van der Waals surface area contributed by atoms with Crippen LogP contribution in [0.5, 0.6) is 5.75 Å². The number of benzene rings is 1. The molecule has 0 aromatic heterocycles. The number of ether oxygens (including phenoxy) is 1. The van der Waals surface area contributed by atoms with Crippen molar-refractivity contribution < 1.29 is 14.6 Å². The Kier molecular flexibility index (Phi) is 5.83. The van der Waals surface area contributed by atoms with Crippen molar-refractivity contribution in [2.75, 3.05) is 19.8 Å². The lowest BCUT2D eigenvalue weighted by Crippen LogP contribution is -2.38. The number of carbonyl (C=O) groups excluding carboxylic acids is 1. The minimum atomic E-state index is -0.307. The number of nitrogens with one attached hydrogen (secondary N) is 1. The Balaban J connectivity index is 2.33. The molecule has 4 nitrogen and oxygen atoms in total. The summed E-state index contributed by atoms with van der Waals surface area (Å²) in [7, 11) is 0. The SMILES string of the molecule is CCc1ccc(OCC(=O)NCC(C)(C)CO)cc1. The van der Waals surface area contributed by atoms with E-state index < -0.39 is 0 Å². The molecule has 2 N–H and O–H groups in total. The van der Waals surface area contributed by atoms with Crippen LogP contribution in [0, 0.1) is 5.41 Å². The highest BCUT2D eigenvalue weighted by atomic mass is 16.5. The molecule has 0 spiro atoms. The van der Waals surface area contributed by atoms with Gasteiger partial charge in [0.25, 0.3) is 5.91 Å². The fourth-order valence-electron chi connectivity index (χ4n) is 1.42. The number of aryl methyl sites for hydroxylation is 1. The van der Waals surface area contributed by atoms with Gasteiger partial charge < -0.3 is 15.2 Å². The third-order valence-corrected chi connectivity index (χ3v) is 2.89. The summed E-state index contributed by atoms with van der Waals surface area (Å²) in [5.41, 5.74) is 0.930. The summed E-state index contributed by atoms with van der Waals surface area (Å²) < 4.78 is 5.39. The van der Waals surface area contributed by atoms with Crippen LogP contribution in [-0.2, 0) is 11.2 Å². The molecule has 0 saturated heterocycles. The van der Waals surface area contributed by atoms with Gasteiger partial charge in [0.15, 0.2) is 6.61 Å². The van der Waals surface area contributed by atoms with Gasteiger partial charge in [0.05, 0.1) is 0 Å². The fourth-order valence-corrected chi connectivity index (χ4v) is 1.42. The highest BCUT2D eigenvalue weighted by Crippen LogP contribution is 2.13. The molecule has 1 rings (SSSR count). The van der Waals surface area contributed by atoms with Crippen LogP contribution in [0.15, 0.2) is 24.3 Å². The largest absolute Gasteiger partial charge is 0.484 e. The second kappa shape index (κ2) is 7.14. The summed E-state index contributed by atoms with van der Waals surface area (Å²) in [4.78, 5) is 11.6. The van der Waals surface area contributed by atoms with E-state index in [1.165, 1.54) is 5.56 Å². The van der Waals surface area contributed by atoms with E-state index in [4.69, 9.17) is 9.84 Å². The van der Waals surface area contributed by atoms with Crippen molar-refractivity contribution in [2.45, 2.75) is 27.2 Å². The lowest BCUT2D eigenvalue weighted by Gasteiger charge is -2.21. The van der Waals surface area contributed by atoms with Crippen molar-refractivity contribution in [1.29, 1.82) is 0 Å². The van der Waals surface area contributed by atoms with Gasteiger partial charge in [-0.15, -0.1) is 0 Å². The second-order valence-corrected chi connectivity index (χ2v) is 5.39. The Hall–Kier alpha value is -1.55. The molecule has 0 aliphatic carbocycles. The van der Waals surface area contributed by atoms with E-state index >= 15 is 0 Å². The van der Waals surface area contributed by atoms with E-state index in [-0.39, 0.29) is 24.5 Å². The summed E-state index contributed by atoms with van der Waals surface area (Å²) in [6.07, 6.45) is 0.983. The number of hydrogen-bond donors (Lipinski definition) is 2. The minimum Gasteiger partial charge on any atom is -0.484 e. The zero-order valence-corrected chi connectivity index (χ0v) is 11.9. The van der Waals surface area contributed by atoms with Crippen LogP contribution in [0.4, 0.5) is 0 Å². The van der Waals surface area contributed by atoms with E-state index in [2.05, 4.69) is 12.2 Å². The predicted octanol–water partition coefficient (Wildman–Crippen LogP) is 1.76. The van der Waals surface area contributed by atoms with Gasteiger partial charge in [-0.25, -0.2) is 0 Å². The van der Waals surface area contributed by atoms with Crippen molar-refractivity contribution in [1.82, 2.24) is 5.32 Å². The lowest BCUT2D eigenvalue weighted by molar-refractivity contribution is -0.123. The van der Waals surface area contributed by atoms with Gasteiger partial charge in [-0.2, -0.15) is 0 Å². The first-order chi connectivity index (χ1) is 8.96. The summed E-state index contributed by atoms with van der Waals surface area (Å²) >= 11 is 0. The number of hydrogen-bond acceptors (Lipinski definition) is 3. The number of aliphatic hydroxyl groups is 1. The Morgan fingerprint density at radius 2 is 1.95 bits per heavy atom. The second-order valence-electron chi connectivity index (χ2n) is 5.39. The molecule has 0 aliphatic heterocycles. The number of amides is 1. The van der Waals surface area contributed by atoms with Crippen molar-refractivity contribution >= 4 is 5.91 Å². The van der Waals surface area contributed by atoms with Crippen molar-refractivity contribution in [3.8, 4) is 5.75 Å². The highest BCUT2D eigenvalue weighted by molar-refractivity contribution is 5.77. The van der Waals surface area contributed by atoms with Gasteiger partial charge in [-0.1, -0.05) is 32.9 Å². The van der Waals surface area contributed by atoms with E-state index in [0.717, 1.165) is 6.42 Å². The first-order valence-electron chi connectivity index (χ1n) is 6.56. The number of rotatable bonds is 7. The van der Waals surface area contributed by atoms with Crippen LogP contribution in [0.25, 0.3) is 0 Å². The van der Waals surface area contributed by atoms with Crippen molar-refractivity contribution in [3.63, 3.8) is 0 Å². The zero-order valence-electron chi connectivity index (χ0n) is 11.9. The summed E-state index contributed by atoms with van der Waals surface area (Å²) in [5, 5.41) is 11.8. The molecule has 0 saturated carbocycles. The van der Waals surface area contributed by atoms with Gasteiger partial charge in [0, 0.05) is 18.6 Å². The molecule has 0 bridgehead atoms.